The largest absolute Gasteiger partial charge is 0.352 e. The lowest BCUT2D eigenvalue weighted by molar-refractivity contribution is 0.0746. The highest BCUT2D eigenvalue weighted by molar-refractivity contribution is 7.19. The Balaban J connectivity index is 1.45. The summed E-state index contributed by atoms with van der Waals surface area (Å²) >= 11 is 1.88. The molecule has 6 heteroatoms. The minimum Gasteiger partial charge on any atom is -0.352 e. The maximum Gasteiger partial charge on any atom is 0.254 e. The average molecular weight is 449 g/mol. The smallest absolute Gasteiger partial charge is 0.254 e. The van der Waals surface area contributed by atoms with E-state index < -0.39 is 0 Å². The molecule has 3 heterocycles. The topological polar surface area (TPSA) is 49.3 Å². The van der Waals surface area contributed by atoms with Gasteiger partial charge in [-0.25, -0.2) is 9.97 Å². The lowest BCUT2D eigenvalue weighted by atomic mass is 9.89. The fraction of sp³-hybridized carbons (Fsp3) is 0.500. The van der Waals surface area contributed by atoms with E-state index in [0.717, 1.165) is 72.5 Å². The zero-order valence-corrected chi connectivity index (χ0v) is 20.3. The molecule has 1 aromatic carbocycles. The molecule has 3 aromatic rings. The maximum absolute atomic E-state index is 13.1. The highest BCUT2D eigenvalue weighted by Gasteiger charge is 2.29. The predicted octanol–water partition coefficient (Wildman–Crippen LogP) is 5.21. The van der Waals surface area contributed by atoms with Gasteiger partial charge in [-0.2, -0.15) is 0 Å². The van der Waals surface area contributed by atoms with Gasteiger partial charge >= 0.3 is 0 Å². The number of rotatable bonds is 3. The Hall–Kier alpha value is -2.47. The Bertz CT molecular complexity index is 1160. The summed E-state index contributed by atoms with van der Waals surface area (Å²) in [7, 11) is 0. The molecule has 0 N–H and O–H groups in total. The first kappa shape index (κ1) is 21.4. The fourth-order valence-electron chi connectivity index (χ4n) is 4.93. The lowest BCUT2D eigenvalue weighted by Crippen LogP contribution is -2.49. The molecule has 5 rings (SSSR count). The molecule has 1 fully saturated rings. The molecule has 0 unspecified atom stereocenters. The van der Waals surface area contributed by atoms with Gasteiger partial charge in [-0.3, -0.25) is 4.79 Å². The second-order valence-corrected chi connectivity index (χ2v) is 10.8. The van der Waals surface area contributed by atoms with E-state index in [1.807, 2.05) is 47.4 Å². The van der Waals surface area contributed by atoms with Crippen molar-refractivity contribution in [3.05, 3.63) is 51.7 Å². The first-order valence-electron chi connectivity index (χ1n) is 11.8. The van der Waals surface area contributed by atoms with Crippen LogP contribution < -0.4 is 4.90 Å². The Kier molecular flexibility index (Phi) is 5.66. The van der Waals surface area contributed by atoms with Crippen LogP contribution in [-0.2, 0) is 12.8 Å². The molecule has 0 saturated carbocycles. The molecule has 0 bridgehead atoms. The zero-order valence-electron chi connectivity index (χ0n) is 19.5. The Labute approximate surface area is 194 Å². The number of aryl methyl sites for hydroxylation is 2. The van der Waals surface area contributed by atoms with Crippen LogP contribution in [0.3, 0.4) is 0 Å². The summed E-state index contributed by atoms with van der Waals surface area (Å²) in [6.45, 7) is 11.8. The molecule has 168 valence electrons. The van der Waals surface area contributed by atoms with Crippen molar-refractivity contribution < 1.29 is 4.79 Å². The average Bonchev–Trinajstić information content (AvgIpc) is 3.15. The number of nitrogens with zero attached hydrogens (tertiary/aromatic N) is 4. The van der Waals surface area contributed by atoms with E-state index in [9.17, 15) is 4.79 Å². The summed E-state index contributed by atoms with van der Waals surface area (Å²) in [4.78, 5) is 30.2. The molecule has 0 spiro atoms. The summed E-state index contributed by atoms with van der Waals surface area (Å²) in [5.74, 6) is 3.19. The van der Waals surface area contributed by atoms with Gasteiger partial charge in [0.2, 0.25) is 0 Å². The third kappa shape index (κ3) is 3.79. The van der Waals surface area contributed by atoms with Crippen molar-refractivity contribution >= 4 is 33.3 Å². The number of carbonyl (C=O) groups is 1. The first-order valence-corrected chi connectivity index (χ1v) is 12.7. The van der Waals surface area contributed by atoms with Crippen LogP contribution in [0.25, 0.3) is 10.2 Å². The van der Waals surface area contributed by atoms with Crippen molar-refractivity contribution in [2.45, 2.75) is 52.9 Å². The van der Waals surface area contributed by atoms with E-state index in [0.29, 0.717) is 5.92 Å². The van der Waals surface area contributed by atoms with Crippen molar-refractivity contribution in [1.29, 1.82) is 0 Å². The second kappa shape index (κ2) is 8.47. The standard InChI is InChI=1S/C26H32N4OS/c1-16(2)23-27-24(22-20-10-9-17(3)15-21(20)32-25(22)28-23)29-11-13-30(14-12-29)26(31)19-8-6-5-7-18(19)4/h5-8,16-17H,9-15H2,1-4H3/t17-/m1/s1. The van der Waals surface area contributed by atoms with Crippen molar-refractivity contribution in [2.75, 3.05) is 31.1 Å². The number of aromatic nitrogens is 2. The van der Waals surface area contributed by atoms with Crippen molar-refractivity contribution in [1.82, 2.24) is 14.9 Å². The number of fused-ring (bicyclic) bond motifs is 3. The van der Waals surface area contributed by atoms with Gasteiger partial charge in [0, 0.05) is 42.5 Å². The number of anilines is 1. The number of benzene rings is 1. The van der Waals surface area contributed by atoms with Crippen LogP contribution in [0, 0.1) is 12.8 Å². The normalized spacial score (nSPS) is 19.0. The molecule has 2 aromatic heterocycles. The van der Waals surface area contributed by atoms with Crippen LogP contribution in [0.4, 0.5) is 5.82 Å². The van der Waals surface area contributed by atoms with Gasteiger partial charge < -0.3 is 9.80 Å². The molecule has 5 nitrogen and oxygen atoms in total. The van der Waals surface area contributed by atoms with Gasteiger partial charge in [0.05, 0.1) is 5.39 Å². The lowest BCUT2D eigenvalue weighted by Gasteiger charge is -2.36. The number of amides is 1. The van der Waals surface area contributed by atoms with Crippen LogP contribution in [-0.4, -0.2) is 47.0 Å². The molecule has 0 radical (unpaired) electrons. The van der Waals surface area contributed by atoms with E-state index in [1.54, 1.807) is 0 Å². The highest BCUT2D eigenvalue weighted by atomic mass is 32.1. The van der Waals surface area contributed by atoms with E-state index in [-0.39, 0.29) is 5.91 Å². The maximum atomic E-state index is 13.1. The van der Waals surface area contributed by atoms with E-state index in [2.05, 4.69) is 25.7 Å². The molecule has 1 aliphatic carbocycles. The Morgan fingerprint density at radius 3 is 2.59 bits per heavy atom. The number of hydrogen-bond donors (Lipinski definition) is 0. The summed E-state index contributed by atoms with van der Waals surface area (Å²) < 4.78 is 0. The summed E-state index contributed by atoms with van der Waals surface area (Å²) in [5.41, 5.74) is 3.33. The molecular formula is C26H32N4OS. The molecular weight excluding hydrogens is 416 g/mol. The minimum atomic E-state index is 0.139. The van der Waals surface area contributed by atoms with Crippen molar-refractivity contribution in [3.8, 4) is 0 Å². The quantitative estimate of drug-likeness (QED) is 0.552. The predicted molar refractivity (Wildman–Crippen MR) is 132 cm³/mol. The van der Waals surface area contributed by atoms with Gasteiger partial charge in [-0.1, -0.05) is 39.0 Å². The molecule has 1 saturated heterocycles. The molecule has 1 amide bonds. The SMILES string of the molecule is Cc1ccccc1C(=O)N1CCN(c2nc(C(C)C)nc3sc4c(c23)CC[C@@H](C)C4)CC1. The molecule has 1 aliphatic heterocycles. The Morgan fingerprint density at radius 1 is 1.12 bits per heavy atom. The summed E-state index contributed by atoms with van der Waals surface area (Å²) in [6, 6.07) is 7.88. The summed E-state index contributed by atoms with van der Waals surface area (Å²) in [6.07, 6.45) is 3.52. The van der Waals surface area contributed by atoms with Gasteiger partial charge in [0.25, 0.3) is 5.91 Å². The number of carbonyl (C=O) groups excluding carboxylic acids is 1. The van der Waals surface area contributed by atoms with Gasteiger partial charge in [-0.15, -0.1) is 11.3 Å². The van der Waals surface area contributed by atoms with Crippen molar-refractivity contribution in [2.24, 2.45) is 5.92 Å². The monoisotopic (exact) mass is 448 g/mol. The van der Waals surface area contributed by atoms with Crippen LogP contribution in [0.5, 0.6) is 0 Å². The first-order chi connectivity index (χ1) is 15.4. The molecule has 2 aliphatic rings. The minimum absolute atomic E-state index is 0.139. The van der Waals surface area contributed by atoms with E-state index in [4.69, 9.17) is 9.97 Å². The second-order valence-electron chi connectivity index (χ2n) is 9.69. The number of piperazine rings is 1. The van der Waals surface area contributed by atoms with E-state index in [1.165, 1.54) is 22.2 Å². The third-order valence-electron chi connectivity index (χ3n) is 6.91. The molecule has 32 heavy (non-hydrogen) atoms. The number of thiophene rings is 1. The van der Waals surface area contributed by atoms with Crippen LogP contribution in [0.1, 0.15) is 65.3 Å². The van der Waals surface area contributed by atoms with Crippen LogP contribution >= 0.6 is 11.3 Å². The number of hydrogen-bond acceptors (Lipinski definition) is 5. The van der Waals surface area contributed by atoms with Gasteiger partial charge in [-0.05, 0) is 49.3 Å². The zero-order chi connectivity index (χ0) is 22.4. The van der Waals surface area contributed by atoms with E-state index >= 15 is 0 Å². The van der Waals surface area contributed by atoms with Crippen LogP contribution in [0.2, 0.25) is 0 Å². The fourth-order valence-corrected chi connectivity index (χ4v) is 6.32. The third-order valence-corrected chi connectivity index (χ3v) is 8.06. The highest BCUT2D eigenvalue weighted by Crippen LogP contribution is 2.41. The Morgan fingerprint density at radius 2 is 1.88 bits per heavy atom. The van der Waals surface area contributed by atoms with Crippen LogP contribution in [0.15, 0.2) is 24.3 Å². The van der Waals surface area contributed by atoms with Gasteiger partial charge in [0.1, 0.15) is 16.5 Å². The van der Waals surface area contributed by atoms with Crippen molar-refractivity contribution in [3.63, 3.8) is 0 Å². The summed E-state index contributed by atoms with van der Waals surface area (Å²) in [5, 5.41) is 1.28. The molecule has 1 atom stereocenters. The van der Waals surface area contributed by atoms with Gasteiger partial charge in [0.15, 0.2) is 0 Å².